The predicted octanol–water partition coefficient (Wildman–Crippen LogP) is 2.85. The number of nitrogens with zero attached hydrogens (tertiary/aromatic N) is 3. The Morgan fingerprint density at radius 1 is 1.26 bits per heavy atom. The van der Waals surface area contributed by atoms with E-state index in [1.165, 1.54) is 21.0 Å². The second-order valence-electron chi connectivity index (χ2n) is 4.80. The average Bonchev–Trinajstić information content (AvgIpc) is 2.81. The lowest BCUT2D eigenvalue weighted by molar-refractivity contribution is -0.137. The molecule has 6 nitrogen and oxygen atoms in total. The fourth-order valence-electron chi connectivity index (χ4n) is 1.92. The van der Waals surface area contributed by atoms with Gasteiger partial charge in [0.1, 0.15) is 0 Å². The van der Waals surface area contributed by atoms with Gasteiger partial charge in [-0.15, -0.1) is 5.10 Å². The number of aryl methyl sites for hydroxylation is 1. The summed E-state index contributed by atoms with van der Waals surface area (Å²) < 4.78 is 58.1. The van der Waals surface area contributed by atoms with Crippen molar-refractivity contribution < 1.29 is 26.8 Å². The number of anilines is 2. The Morgan fingerprint density at radius 3 is 2.39 bits per heavy atom. The number of benzene rings is 1. The van der Waals surface area contributed by atoms with Crippen LogP contribution in [-0.4, -0.2) is 30.2 Å². The highest BCUT2D eigenvalue weighted by molar-refractivity contribution is 6.04. The molecule has 0 bridgehead atoms. The molecule has 1 N–H and O–H groups in total. The van der Waals surface area contributed by atoms with Gasteiger partial charge < -0.3 is 9.32 Å². The van der Waals surface area contributed by atoms with Gasteiger partial charge in [-0.3, -0.25) is 10.1 Å². The van der Waals surface area contributed by atoms with E-state index in [1.54, 1.807) is 0 Å². The van der Waals surface area contributed by atoms with Crippen LogP contribution in [0.1, 0.15) is 21.8 Å². The van der Waals surface area contributed by atoms with Crippen LogP contribution in [0.5, 0.6) is 0 Å². The zero-order chi connectivity index (χ0) is 17.4. The lowest BCUT2D eigenvalue weighted by Gasteiger charge is -2.21. The van der Waals surface area contributed by atoms with Crippen molar-refractivity contribution in [3.8, 4) is 0 Å². The van der Waals surface area contributed by atoms with Crippen molar-refractivity contribution in [3.05, 3.63) is 35.0 Å². The fourth-order valence-corrected chi connectivity index (χ4v) is 1.92. The number of alkyl halides is 3. The number of amides is 1. The van der Waals surface area contributed by atoms with Crippen LogP contribution in [0, 0.1) is 12.7 Å². The summed E-state index contributed by atoms with van der Waals surface area (Å²) in [6.07, 6.45) is -4.75. The van der Waals surface area contributed by atoms with Gasteiger partial charge in [-0.2, -0.15) is 13.2 Å². The van der Waals surface area contributed by atoms with Gasteiger partial charge in [-0.05, 0) is 12.1 Å². The number of rotatable bonds is 3. The van der Waals surface area contributed by atoms with E-state index in [2.05, 4.69) is 15.5 Å². The van der Waals surface area contributed by atoms with Gasteiger partial charge in [-0.1, -0.05) is 5.10 Å². The highest BCUT2D eigenvalue weighted by atomic mass is 19.4. The predicted molar refractivity (Wildman–Crippen MR) is 72.7 cm³/mol. The smallest absolute Gasteiger partial charge is 0.408 e. The van der Waals surface area contributed by atoms with Gasteiger partial charge in [0.15, 0.2) is 5.82 Å². The Bertz CT molecular complexity index is 740. The van der Waals surface area contributed by atoms with E-state index in [1.807, 2.05) is 0 Å². The molecule has 0 unspecified atom stereocenters. The molecule has 0 fully saturated rings. The topological polar surface area (TPSA) is 71.3 Å². The summed E-state index contributed by atoms with van der Waals surface area (Å²) in [5.41, 5.74) is -2.48. The number of carbonyl (C=O) groups is 1. The van der Waals surface area contributed by atoms with E-state index in [0.717, 1.165) is 11.0 Å². The fraction of sp³-hybridized carbons (Fsp3) is 0.308. The normalized spacial score (nSPS) is 11.4. The zero-order valence-corrected chi connectivity index (χ0v) is 12.3. The molecule has 2 aromatic rings. The molecule has 0 saturated carbocycles. The number of hydrogen-bond donors (Lipinski definition) is 1. The maximum absolute atomic E-state index is 14.4. The third kappa shape index (κ3) is 3.41. The minimum atomic E-state index is -4.75. The maximum atomic E-state index is 14.4. The van der Waals surface area contributed by atoms with Gasteiger partial charge in [0.25, 0.3) is 5.91 Å². The van der Waals surface area contributed by atoms with E-state index < -0.39 is 34.7 Å². The largest absolute Gasteiger partial charge is 0.418 e. The van der Waals surface area contributed by atoms with E-state index in [4.69, 9.17) is 4.42 Å². The van der Waals surface area contributed by atoms with Crippen LogP contribution in [0.3, 0.4) is 0 Å². The van der Waals surface area contributed by atoms with Gasteiger partial charge >= 0.3 is 12.2 Å². The first kappa shape index (κ1) is 16.7. The molecular formula is C13H12F4N4O2. The Labute approximate surface area is 128 Å². The molecule has 0 aliphatic rings. The third-order valence-electron chi connectivity index (χ3n) is 2.86. The molecule has 1 aromatic carbocycles. The minimum Gasteiger partial charge on any atom is -0.408 e. The molecular weight excluding hydrogens is 320 g/mol. The lowest BCUT2D eigenvalue weighted by Crippen LogP contribution is -2.22. The standard InChI is InChI=1S/C13H12F4N4O2/c1-6-19-20-12(23-6)18-11(22)7-4-5-8(13(15,16)17)10(9(7)14)21(2)3/h4-5H,1-3H3,(H,18,20,22). The molecule has 0 atom stereocenters. The first-order chi connectivity index (χ1) is 10.6. The van der Waals surface area contributed by atoms with Crippen molar-refractivity contribution in [2.45, 2.75) is 13.1 Å². The van der Waals surface area contributed by atoms with E-state index in [9.17, 15) is 22.4 Å². The van der Waals surface area contributed by atoms with Crippen LogP contribution in [0.2, 0.25) is 0 Å². The summed E-state index contributed by atoms with van der Waals surface area (Å²) in [5.74, 6) is -2.12. The molecule has 23 heavy (non-hydrogen) atoms. The van der Waals surface area contributed by atoms with Crippen LogP contribution in [0.25, 0.3) is 0 Å². The van der Waals surface area contributed by atoms with Crippen molar-refractivity contribution in [1.29, 1.82) is 0 Å². The summed E-state index contributed by atoms with van der Waals surface area (Å²) in [6, 6.07) is 1.12. The van der Waals surface area contributed by atoms with Crippen molar-refractivity contribution in [2.75, 3.05) is 24.3 Å². The first-order valence-electron chi connectivity index (χ1n) is 6.29. The molecule has 0 spiro atoms. The van der Waals surface area contributed by atoms with E-state index >= 15 is 0 Å². The van der Waals surface area contributed by atoms with Crippen molar-refractivity contribution in [3.63, 3.8) is 0 Å². The molecule has 1 amide bonds. The second kappa shape index (κ2) is 5.86. The van der Waals surface area contributed by atoms with Crippen LogP contribution in [0.15, 0.2) is 16.5 Å². The molecule has 124 valence electrons. The van der Waals surface area contributed by atoms with Gasteiger partial charge in [-0.25, -0.2) is 4.39 Å². The van der Waals surface area contributed by atoms with Gasteiger partial charge in [0, 0.05) is 21.0 Å². The van der Waals surface area contributed by atoms with Gasteiger partial charge in [0.05, 0.1) is 16.8 Å². The molecule has 1 heterocycles. The highest BCUT2D eigenvalue weighted by Crippen LogP contribution is 2.38. The zero-order valence-electron chi connectivity index (χ0n) is 12.3. The number of aromatic nitrogens is 2. The van der Waals surface area contributed by atoms with Crippen molar-refractivity contribution in [2.24, 2.45) is 0 Å². The molecule has 0 aliphatic carbocycles. The van der Waals surface area contributed by atoms with Crippen LogP contribution in [0.4, 0.5) is 29.3 Å². The summed E-state index contributed by atoms with van der Waals surface area (Å²) >= 11 is 0. The summed E-state index contributed by atoms with van der Waals surface area (Å²) in [6.45, 7) is 1.48. The van der Waals surface area contributed by atoms with Crippen LogP contribution < -0.4 is 10.2 Å². The minimum absolute atomic E-state index is 0.169. The SMILES string of the molecule is Cc1nnc(NC(=O)c2ccc(C(F)(F)F)c(N(C)C)c2F)o1. The summed E-state index contributed by atoms with van der Waals surface area (Å²) in [4.78, 5) is 13.0. The molecule has 0 aliphatic heterocycles. The molecule has 10 heteroatoms. The summed E-state index contributed by atoms with van der Waals surface area (Å²) in [5, 5.41) is 9.08. The monoisotopic (exact) mass is 332 g/mol. The van der Waals surface area contributed by atoms with Crippen molar-refractivity contribution in [1.82, 2.24) is 10.2 Å². The molecule has 2 rings (SSSR count). The van der Waals surface area contributed by atoms with Crippen LogP contribution in [-0.2, 0) is 6.18 Å². The van der Waals surface area contributed by atoms with E-state index in [-0.39, 0.29) is 11.9 Å². The second-order valence-corrected chi connectivity index (χ2v) is 4.80. The average molecular weight is 332 g/mol. The Balaban J connectivity index is 2.44. The molecule has 1 aromatic heterocycles. The number of nitrogens with one attached hydrogen (secondary N) is 1. The van der Waals surface area contributed by atoms with Crippen molar-refractivity contribution >= 4 is 17.6 Å². The molecule has 0 saturated heterocycles. The number of hydrogen-bond acceptors (Lipinski definition) is 5. The maximum Gasteiger partial charge on any atom is 0.418 e. The Hall–Kier alpha value is -2.65. The molecule has 0 radical (unpaired) electrons. The number of halogens is 4. The number of carbonyl (C=O) groups excluding carboxylic acids is 1. The highest BCUT2D eigenvalue weighted by Gasteiger charge is 2.37. The quantitative estimate of drug-likeness (QED) is 0.875. The Morgan fingerprint density at radius 2 is 1.91 bits per heavy atom. The van der Waals surface area contributed by atoms with Crippen LogP contribution >= 0.6 is 0 Å². The Kier molecular flexibility index (Phi) is 4.26. The van der Waals surface area contributed by atoms with E-state index in [0.29, 0.717) is 6.07 Å². The first-order valence-corrected chi connectivity index (χ1v) is 6.29. The third-order valence-corrected chi connectivity index (χ3v) is 2.86. The lowest BCUT2D eigenvalue weighted by atomic mass is 10.1. The van der Waals surface area contributed by atoms with Gasteiger partial charge in [0.2, 0.25) is 5.89 Å². The summed E-state index contributed by atoms with van der Waals surface area (Å²) in [7, 11) is 2.49.